The highest BCUT2D eigenvalue weighted by molar-refractivity contribution is 5.66. The Morgan fingerprint density at radius 2 is 1.46 bits per heavy atom. The van der Waals surface area contributed by atoms with Gasteiger partial charge in [0.15, 0.2) is 0 Å². The van der Waals surface area contributed by atoms with Crippen LogP contribution in [0.5, 0.6) is 0 Å². The van der Waals surface area contributed by atoms with Crippen LogP contribution in [-0.4, -0.2) is 33.5 Å². The molecular weight excluding hydrogens is 176 g/mol. The molecule has 0 bridgehead atoms. The highest BCUT2D eigenvalue weighted by atomic mass is 16.5. The SMILES string of the molecule is C.C.CNC(=O)OC.COC(N)=O. The third-order valence-electron chi connectivity index (χ3n) is 0.591. The van der Waals surface area contributed by atoms with E-state index in [1.54, 1.807) is 0 Å². The van der Waals surface area contributed by atoms with Gasteiger partial charge in [-0.25, -0.2) is 9.59 Å². The van der Waals surface area contributed by atoms with Gasteiger partial charge in [0.05, 0.1) is 14.2 Å². The molecule has 0 aliphatic heterocycles. The Kier molecular flexibility index (Phi) is 29.3. The van der Waals surface area contributed by atoms with E-state index in [1.165, 1.54) is 21.3 Å². The standard InChI is InChI=1S/C3H7NO2.C2H5NO2.2CH4/c1-4-3(5)6-2;1-5-2(3)4;;/h1-2H3,(H,4,5);1H3,(H2,3,4);2*1H4. The molecule has 6 heteroatoms. The molecule has 82 valence electrons. The highest BCUT2D eigenvalue weighted by Gasteiger charge is 1.85. The molecule has 13 heavy (non-hydrogen) atoms. The molecule has 0 saturated carbocycles. The first kappa shape index (κ1) is 22.5. The summed E-state index contributed by atoms with van der Waals surface area (Å²) >= 11 is 0. The molecule has 6 nitrogen and oxygen atoms in total. The molecule has 0 aromatic carbocycles. The van der Waals surface area contributed by atoms with Crippen molar-refractivity contribution in [3.63, 3.8) is 0 Å². The van der Waals surface area contributed by atoms with Crippen LogP contribution in [0.25, 0.3) is 0 Å². The van der Waals surface area contributed by atoms with Crippen molar-refractivity contribution in [3.8, 4) is 0 Å². The number of hydrogen-bond donors (Lipinski definition) is 2. The predicted octanol–water partition coefficient (Wildman–Crippen LogP) is 0.956. The summed E-state index contributed by atoms with van der Waals surface area (Å²) in [6.45, 7) is 0. The first-order valence-electron chi connectivity index (χ1n) is 2.67. The zero-order valence-electron chi connectivity index (χ0n) is 6.71. The number of nitrogens with two attached hydrogens (primary N) is 1. The second-order valence-electron chi connectivity index (χ2n) is 1.26. The van der Waals surface area contributed by atoms with Gasteiger partial charge in [-0.05, 0) is 0 Å². The summed E-state index contributed by atoms with van der Waals surface area (Å²) in [5.74, 6) is 0. The minimum Gasteiger partial charge on any atom is -0.453 e. The fourth-order valence-electron chi connectivity index (χ4n) is 0.102. The highest BCUT2D eigenvalue weighted by Crippen LogP contribution is 1.62. The summed E-state index contributed by atoms with van der Waals surface area (Å²) < 4.78 is 8.04. The first-order valence-corrected chi connectivity index (χ1v) is 2.67. The van der Waals surface area contributed by atoms with Crippen molar-refractivity contribution < 1.29 is 19.1 Å². The summed E-state index contributed by atoms with van der Waals surface area (Å²) in [5.41, 5.74) is 4.43. The summed E-state index contributed by atoms with van der Waals surface area (Å²) in [6.07, 6.45) is -1.15. The number of carbonyl (C=O) groups excluding carboxylic acids is 2. The van der Waals surface area contributed by atoms with Gasteiger partial charge < -0.3 is 20.5 Å². The third kappa shape index (κ3) is 37.3. The van der Waals surface area contributed by atoms with Crippen molar-refractivity contribution in [1.82, 2.24) is 5.32 Å². The van der Waals surface area contributed by atoms with Gasteiger partial charge in [-0.15, -0.1) is 0 Å². The number of ether oxygens (including phenoxy) is 2. The van der Waals surface area contributed by atoms with E-state index in [0.29, 0.717) is 0 Å². The molecule has 0 unspecified atom stereocenters. The Morgan fingerprint density at radius 3 is 1.46 bits per heavy atom. The molecule has 0 aliphatic rings. The maximum atomic E-state index is 9.85. The zero-order chi connectivity index (χ0) is 9.28. The number of rotatable bonds is 0. The zero-order valence-corrected chi connectivity index (χ0v) is 6.71. The topological polar surface area (TPSA) is 90.7 Å². The lowest BCUT2D eigenvalue weighted by molar-refractivity contribution is 0.173. The van der Waals surface area contributed by atoms with Crippen LogP contribution >= 0.6 is 0 Å². The van der Waals surface area contributed by atoms with Gasteiger partial charge in [-0.3, -0.25) is 0 Å². The van der Waals surface area contributed by atoms with Gasteiger partial charge in [0.25, 0.3) is 0 Å². The van der Waals surface area contributed by atoms with Crippen LogP contribution in [-0.2, 0) is 9.47 Å². The van der Waals surface area contributed by atoms with Gasteiger partial charge in [-0.1, -0.05) is 14.9 Å². The average Bonchev–Trinajstić information content (AvgIpc) is 2.04. The maximum Gasteiger partial charge on any atom is 0.406 e. The van der Waals surface area contributed by atoms with E-state index in [2.05, 4.69) is 20.5 Å². The van der Waals surface area contributed by atoms with Crippen molar-refractivity contribution >= 4 is 12.2 Å². The Labute approximate surface area is 79.4 Å². The number of carbonyl (C=O) groups is 2. The van der Waals surface area contributed by atoms with E-state index in [1.807, 2.05) is 0 Å². The van der Waals surface area contributed by atoms with E-state index in [9.17, 15) is 9.59 Å². The first-order chi connectivity index (χ1) is 5.08. The second-order valence-corrected chi connectivity index (χ2v) is 1.26. The molecule has 0 aliphatic carbocycles. The van der Waals surface area contributed by atoms with Gasteiger partial charge in [0.1, 0.15) is 0 Å². The maximum absolute atomic E-state index is 9.85. The van der Waals surface area contributed by atoms with Crippen LogP contribution in [0.1, 0.15) is 14.9 Å². The van der Waals surface area contributed by atoms with Crippen molar-refractivity contribution in [1.29, 1.82) is 0 Å². The lowest BCUT2D eigenvalue weighted by Crippen LogP contribution is -2.16. The van der Waals surface area contributed by atoms with E-state index < -0.39 is 12.2 Å². The molecule has 3 N–H and O–H groups in total. The van der Waals surface area contributed by atoms with Gasteiger partial charge in [0, 0.05) is 7.05 Å². The molecule has 0 spiro atoms. The van der Waals surface area contributed by atoms with Crippen LogP contribution in [0.4, 0.5) is 9.59 Å². The molecule has 0 radical (unpaired) electrons. The van der Waals surface area contributed by atoms with Crippen molar-refractivity contribution in [2.75, 3.05) is 21.3 Å². The number of alkyl carbamates (subject to hydrolysis) is 1. The fraction of sp³-hybridized carbons (Fsp3) is 0.714. The van der Waals surface area contributed by atoms with Crippen LogP contribution in [0.15, 0.2) is 0 Å². The van der Waals surface area contributed by atoms with Crippen LogP contribution in [0, 0.1) is 0 Å². The van der Waals surface area contributed by atoms with Crippen molar-refractivity contribution in [2.24, 2.45) is 5.73 Å². The lowest BCUT2D eigenvalue weighted by atomic mass is 11.1. The molecule has 0 heterocycles. The third-order valence-corrected chi connectivity index (χ3v) is 0.591. The molecular formula is C7H20N2O4. The fourth-order valence-corrected chi connectivity index (χ4v) is 0.102. The van der Waals surface area contributed by atoms with Gasteiger partial charge in [-0.2, -0.15) is 0 Å². The summed E-state index contributed by atoms with van der Waals surface area (Å²) in [6, 6.07) is 0. The molecule has 0 fully saturated rings. The number of hydrogen-bond acceptors (Lipinski definition) is 4. The molecule has 0 rings (SSSR count). The Morgan fingerprint density at radius 1 is 1.15 bits per heavy atom. The Bertz CT molecular complexity index is 122. The molecule has 0 atom stereocenters. The summed E-state index contributed by atoms with van der Waals surface area (Å²) in [4.78, 5) is 19.2. The number of primary amides is 1. The average molecular weight is 196 g/mol. The largest absolute Gasteiger partial charge is 0.453 e. The lowest BCUT2D eigenvalue weighted by Gasteiger charge is -1.90. The predicted molar refractivity (Wildman–Crippen MR) is 51.5 cm³/mol. The quantitative estimate of drug-likeness (QED) is 0.603. The summed E-state index contributed by atoms with van der Waals surface area (Å²) in [5, 5.41) is 2.25. The minimum absolute atomic E-state index is 0. The summed E-state index contributed by atoms with van der Waals surface area (Å²) in [7, 11) is 4.05. The van der Waals surface area contributed by atoms with E-state index in [-0.39, 0.29) is 14.9 Å². The Hall–Kier alpha value is -1.46. The van der Waals surface area contributed by atoms with Crippen LogP contribution in [0.3, 0.4) is 0 Å². The number of nitrogens with one attached hydrogen (secondary N) is 1. The van der Waals surface area contributed by atoms with E-state index >= 15 is 0 Å². The monoisotopic (exact) mass is 196 g/mol. The van der Waals surface area contributed by atoms with Crippen LogP contribution < -0.4 is 11.1 Å². The molecule has 0 saturated heterocycles. The van der Waals surface area contributed by atoms with Gasteiger partial charge >= 0.3 is 12.2 Å². The number of amides is 2. The normalized spacial score (nSPS) is 5.77. The van der Waals surface area contributed by atoms with E-state index in [4.69, 9.17) is 0 Å². The number of methoxy groups -OCH3 is 2. The molecule has 0 aromatic rings. The second kappa shape index (κ2) is 16.9. The van der Waals surface area contributed by atoms with Gasteiger partial charge in [0.2, 0.25) is 0 Å². The Balaban J connectivity index is -0.0000000546. The molecule has 2 amide bonds. The van der Waals surface area contributed by atoms with E-state index in [0.717, 1.165) is 0 Å². The molecule has 0 aromatic heterocycles. The van der Waals surface area contributed by atoms with Crippen molar-refractivity contribution in [2.45, 2.75) is 14.9 Å². The smallest absolute Gasteiger partial charge is 0.406 e. The van der Waals surface area contributed by atoms with Crippen molar-refractivity contribution in [3.05, 3.63) is 0 Å². The van der Waals surface area contributed by atoms with Crippen LogP contribution in [0.2, 0.25) is 0 Å². The minimum atomic E-state index is -0.745.